The van der Waals surface area contributed by atoms with Crippen LogP contribution < -0.4 is 5.32 Å². The Morgan fingerprint density at radius 3 is 3.10 bits per heavy atom. The van der Waals surface area contributed by atoms with Gasteiger partial charge in [-0.15, -0.1) is 5.10 Å². The van der Waals surface area contributed by atoms with E-state index in [1.807, 2.05) is 0 Å². The summed E-state index contributed by atoms with van der Waals surface area (Å²) < 4.78 is 0. The number of hydrogen-bond acceptors (Lipinski definition) is 3. The van der Waals surface area contributed by atoms with Gasteiger partial charge in [0.05, 0.1) is 11.2 Å². The van der Waals surface area contributed by atoms with Crippen LogP contribution in [-0.2, 0) is 4.79 Å². The second kappa shape index (κ2) is 3.12. The number of carbonyl (C=O) groups is 1. The van der Waals surface area contributed by atoms with Gasteiger partial charge < -0.3 is 5.32 Å². The number of halogens is 1. The van der Waals surface area contributed by atoms with Gasteiger partial charge in [-0.3, -0.25) is 4.79 Å². The van der Waals surface area contributed by atoms with E-state index >= 15 is 0 Å². The first-order chi connectivity index (χ1) is 4.83. The predicted molar refractivity (Wildman–Crippen MR) is 36.7 cm³/mol. The minimum atomic E-state index is 0.350. The van der Waals surface area contributed by atoms with Crippen molar-refractivity contribution in [1.82, 2.24) is 10.2 Å². The summed E-state index contributed by atoms with van der Waals surface area (Å²) in [5, 5.41) is 9.81. The summed E-state index contributed by atoms with van der Waals surface area (Å²) in [6.07, 6.45) is 1.90. The fraction of sp³-hybridized carbons (Fsp3) is 0. The van der Waals surface area contributed by atoms with Crippen molar-refractivity contribution >= 4 is 23.8 Å². The van der Waals surface area contributed by atoms with E-state index in [4.69, 9.17) is 11.6 Å². The molecule has 0 spiro atoms. The molecule has 5 heteroatoms. The fourth-order valence-electron chi connectivity index (χ4n) is 0.474. The zero-order valence-corrected chi connectivity index (χ0v) is 5.67. The molecular formula is C5H4ClN3O. The van der Waals surface area contributed by atoms with E-state index in [0.717, 1.165) is 0 Å². The minimum Gasteiger partial charge on any atom is -0.312 e. The van der Waals surface area contributed by atoms with E-state index in [1.165, 1.54) is 12.3 Å². The van der Waals surface area contributed by atoms with Crippen molar-refractivity contribution in [3.05, 3.63) is 17.3 Å². The Kier molecular flexibility index (Phi) is 2.17. The molecule has 1 aromatic heterocycles. The summed E-state index contributed by atoms with van der Waals surface area (Å²) in [4.78, 5) is 9.86. The first-order valence-corrected chi connectivity index (χ1v) is 2.89. The molecule has 1 N–H and O–H groups in total. The van der Waals surface area contributed by atoms with Gasteiger partial charge in [0.1, 0.15) is 0 Å². The summed E-state index contributed by atoms with van der Waals surface area (Å²) in [5.74, 6) is 0.350. The second-order valence-electron chi connectivity index (χ2n) is 1.52. The highest BCUT2D eigenvalue weighted by atomic mass is 35.5. The van der Waals surface area contributed by atoms with Crippen LogP contribution in [0.4, 0.5) is 5.82 Å². The molecule has 0 bridgehead atoms. The van der Waals surface area contributed by atoms with Crippen LogP contribution in [0.3, 0.4) is 0 Å². The van der Waals surface area contributed by atoms with Crippen LogP contribution in [0, 0.1) is 0 Å². The first kappa shape index (κ1) is 6.95. The highest BCUT2D eigenvalue weighted by molar-refractivity contribution is 6.30. The topological polar surface area (TPSA) is 54.9 Å². The van der Waals surface area contributed by atoms with Gasteiger partial charge in [-0.1, -0.05) is 11.6 Å². The summed E-state index contributed by atoms with van der Waals surface area (Å²) in [6, 6.07) is 1.50. The maximum atomic E-state index is 9.86. The number of nitrogens with one attached hydrogen (secondary N) is 1. The van der Waals surface area contributed by atoms with Gasteiger partial charge in [0.2, 0.25) is 6.41 Å². The molecule has 1 aromatic rings. The summed E-state index contributed by atoms with van der Waals surface area (Å²) in [7, 11) is 0. The van der Waals surface area contributed by atoms with Crippen LogP contribution in [0.15, 0.2) is 12.3 Å². The van der Waals surface area contributed by atoms with Crippen LogP contribution in [0.5, 0.6) is 0 Å². The zero-order valence-electron chi connectivity index (χ0n) is 4.91. The van der Waals surface area contributed by atoms with E-state index in [1.54, 1.807) is 0 Å². The van der Waals surface area contributed by atoms with E-state index in [0.29, 0.717) is 17.3 Å². The van der Waals surface area contributed by atoms with Gasteiger partial charge in [0.15, 0.2) is 5.82 Å². The first-order valence-electron chi connectivity index (χ1n) is 2.51. The lowest BCUT2D eigenvalue weighted by Crippen LogP contribution is -1.97. The number of amides is 1. The molecule has 1 heterocycles. The van der Waals surface area contributed by atoms with Crippen molar-refractivity contribution in [2.75, 3.05) is 5.32 Å². The predicted octanol–water partition coefficient (Wildman–Crippen LogP) is 0.698. The van der Waals surface area contributed by atoms with Crippen molar-refractivity contribution in [3.63, 3.8) is 0 Å². The van der Waals surface area contributed by atoms with Crippen LogP contribution in [0.1, 0.15) is 0 Å². The lowest BCUT2D eigenvalue weighted by molar-refractivity contribution is -0.105. The number of aromatic nitrogens is 2. The molecule has 0 aromatic carbocycles. The average molecular weight is 158 g/mol. The maximum Gasteiger partial charge on any atom is 0.212 e. The summed E-state index contributed by atoms with van der Waals surface area (Å²) in [5.41, 5.74) is 0. The molecule has 0 fully saturated rings. The SMILES string of the molecule is O=CNc1cc(Cl)cnn1. The largest absolute Gasteiger partial charge is 0.312 e. The maximum absolute atomic E-state index is 9.86. The van der Waals surface area contributed by atoms with Crippen LogP contribution in [0.2, 0.25) is 5.02 Å². The highest BCUT2D eigenvalue weighted by Gasteiger charge is 1.92. The Labute approximate surface area is 62.2 Å². The van der Waals surface area contributed by atoms with Crippen LogP contribution >= 0.6 is 11.6 Å². The molecule has 0 aliphatic heterocycles. The number of rotatable bonds is 2. The molecule has 4 nitrogen and oxygen atoms in total. The Morgan fingerprint density at radius 2 is 2.50 bits per heavy atom. The highest BCUT2D eigenvalue weighted by Crippen LogP contribution is 2.08. The van der Waals surface area contributed by atoms with Gasteiger partial charge >= 0.3 is 0 Å². The quantitative estimate of drug-likeness (QED) is 0.643. The van der Waals surface area contributed by atoms with E-state index < -0.39 is 0 Å². The number of hydrogen-bond donors (Lipinski definition) is 1. The molecule has 1 amide bonds. The third-order valence-electron chi connectivity index (χ3n) is 0.828. The van der Waals surface area contributed by atoms with E-state index in [-0.39, 0.29) is 0 Å². The Balaban J connectivity index is 2.84. The number of nitrogens with zero attached hydrogens (tertiary/aromatic N) is 2. The molecule has 0 aliphatic carbocycles. The van der Waals surface area contributed by atoms with E-state index in [2.05, 4.69) is 15.5 Å². The molecule has 0 saturated heterocycles. The third kappa shape index (κ3) is 1.66. The molecule has 0 radical (unpaired) electrons. The van der Waals surface area contributed by atoms with Crippen LogP contribution in [0.25, 0.3) is 0 Å². The molecule has 0 atom stereocenters. The molecule has 0 unspecified atom stereocenters. The van der Waals surface area contributed by atoms with Gasteiger partial charge in [-0.05, 0) is 0 Å². The standard InChI is InChI=1S/C5H4ClN3O/c6-4-1-5(7-3-10)9-8-2-4/h1-3H,(H,7,9,10). The van der Waals surface area contributed by atoms with Crippen LogP contribution in [-0.4, -0.2) is 16.6 Å². The Bertz CT molecular complexity index is 240. The molecule has 0 saturated carbocycles. The van der Waals surface area contributed by atoms with Gasteiger partial charge in [-0.2, -0.15) is 5.10 Å². The summed E-state index contributed by atoms with van der Waals surface area (Å²) >= 11 is 5.52. The molecule has 10 heavy (non-hydrogen) atoms. The van der Waals surface area contributed by atoms with Gasteiger partial charge in [-0.25, -0.2) is 0 Å². The Morgan fingerprint density at radius 1 is 1.70 bits per heavy atom. The lowest BCUT2D eigenvalue weighted by Gasteiger charge is -1.93. The van der Waals surface area contributed by atoms with Gasteiger partial charge in [0, 0.05) is 6.07 Å². The van der Waals surface area contributed by atoms with Crippen molar-refractivity contribution in [3.8, 4) is 0 Å². The molecule has 1 rings (SSSR count). The normalized spacial score (nSPS) is 8.90. The van der Waals surface area contributed by atoms with Crippen molar-refractivity contribution in [2.24, 2.45) is 0 Å². The number of carbonyl (C=O) groups excluding carboxylic acids is 1. The van der Waals surface area contributed by atoms with Crippen molar-refractivity contribution in [1.29, 1.82) is 0 Å². The zero-order chi connectivity index (χ0) is 7.40. The number of anilines is 1. The fourth-order valence-corrected chi connectivity index (χ4v) is 0.621. The lowest BCUT2D eigenvalue weighted by atomic mass is 10.5. The third-order valence-corrected chi connectivity index (χ3v) is 1.03. The van der Waals surface area contributed by atoms with E-state index in [9.17, 15) is 4.79 Å². The summed E-state index contributed by atoms with van der Waals surface area (Å²) in [6.45, 7) is 0. The molecule has 52 valence electrons. The molecular weight excluding hydrogens is 154 g/mol. The Hall–Kier alpha value is -1.16. The monoisotopic (exact) mass is 157 g/mol. The average Bonchev–Trinajstić information content (AvgIpc) is 1.88. The second-order valence-corrected chi connectivity index (χ2v) is 1.96. The smallest absolute Gasteiger partial charge is 0.212 e. The minimum absolute atomic E-state index is 0.350. The van der Waals surface area contributed by atoms with Crippen molar-refractivity contribution < 1.29 is 4.79 Å². The van der Waals surface area contributed by atoms with Crippen molar-refractivity contribution in [2.45, 2.75) is 0 Å². The molecule has 0 aliphatic rings. The van der Waals surface area contributed by atoms with Gasteiger partial charge in [0.25, 0.3) is 0 Å².